The standard InChI is InChI=1S/C17H29N3O3/c1-12(2)16-14(5-9-23-16)17(22)19-7-3-4-13(11-19)20-8-6-18-10-15(20)21/h12-14,16,18H,3-11H2,1-2H3. The van der Waals surface area contributed by atoms with Crippen molar-refractivity contribution in [3.63, 3.8) is 0 Å². The molecule has 3 unspecified atom stereocenters. The molecular weight excluding hydrogens is 294 g/mol. The van der Waals surface area contributed by atoms with Gasteiger partial charge in [0.15, 0.2) is 0 Å². The predicted molar refractivity (Wildman–Crippen MR) is 86.9 cm³/mol. The second kappa shape index (κ2) is 7.18. The Balaban J connectivity index is 1.63. The third-order valence-corrected chi connectivity index (χ3v) is 5.39. The Morgan fingerprint density at radius 1 is 1.30 bits per heavy atom. The van der Waals surface area contributed by atoms with E-state index in [9.17, 15) is 9.59 Å². The van der Waals surface area contributed by atoms with E-state index in [-0.39, 0.29) is 29.9 Å². The van der Waals surface area contributed by atoms with Gasteiger partial charge in [0.25, 0.3) is 0 Å². The average molecular weight is 323 g/mol. The third kappa shape index (κ3) is 3.53. The van der Waals surface area contributed by atoms with Crippen LogP contribution in [-0.2, 0) is 14.3 Å². The summed E-state index contributed by atoms with van der Waals surface area (Å²) in [6, 6.07) is 0.183. The molecule has 3 rings (SSSR count). The lowest BCUT2D eigenvalue weighted by Gasteiger charge is -2.42. The summed E-state index contributed by atoms with van der Waals surface area (Å²) >= 11 is 0. The zero-order chi connectivity index (χ0) is 16.4. The molecule has 23 heavy (non-hydrogen) atoms. The number of ether oxygens (including phenoxy) is 1. The van der Waals surface area contributed by atoms with Crippen LogP contribution in [0.1, 0.15) is 33.1 Å². The van der Waals surface area contributed by atoms with E-state index < -0.39 is 0 Å². The van der Waals surface area contributed by atoms with E-state index in [0.29, 0.717) is 25.6 Å². The van der Waals surface area contributed by atoms with Crippen molar-refractivity contribution >= 4 is 11.8 Å². The quantitative estimate of drug-likeness (QED) is 0.820. The molecule has 6 heteroatoms. The van der Waals surface area contributed by atoms with E-state index >= 15 is 0 Å². The van der Waals surface area contributed by atoms with Crippen LogP contribution in [0, 0.1) is 11.8 Å². The van der Waals surface area contributed by atoms with E-state index in [2.05, 4.69) is 19.2 Å². The summed E-state index contributed by atoms with van der Waals surface area (Å²) in [7, 11) is 0. The monoisotopic (exact) mass is 323 g/mol. The van der Waals surface area contributed by atoms with Crippen LogP contribution in [0.3, 0.4) is 0 Å². The summed E-state index contributed by atoms with van der Waals surface area (Å²) in [6.07, 6.45) is 2.86. The number of amides is 2. The Morgan fingerprint density at radius 2 is 2.13 bits per heavy atom. The van der Waals surface area contributed by atoms with Crippen LogP contribution in [0.4, 0.5) is 0 Å². The highest BCUT2D eigenvalue weighted by atomic mass is 16.5. The highest BCUT2D eigenvalue weighted by molar-refractivity contribution is 5.81. The van der Waals surface area contributed by atoms with E-state index in [0.717, 1.165) is 38.9 Å². The van der Waals surface area contributed by atoms with E-state index in [4.69, 9.17) is 4.74 Å². The Kier molecular flexibility index (Phi) is 5.21. The lowest BCUT2D eigenvalue weighted by molar-refractivity contribution is -0.144. The van der Waals surface area contributed by atoms with Crippen LogP contribution in [0.5, 0.6) is 0 Å². The van der Waals surface area contributed by atoms with Crippen molar-refractivity contribution in [2.24, 2.45) is 11.8 Å². The largest absolute Gasteiger partial charge is 0.377 e. The normalized spacial score (nSPS) is 32.7. The van der Waals surface area contributed by atoms with Crippen LogP contribution < -0.4 is 5.32 Å². The van der Waals surface area contributed by atoms with Crippen LogP contribution in [0.15, 0.2) is 0 Å². The highest BCUT2D eigenvalue weighted by Crippen LogP contribution is 2.30. The first kappa shape index (κ1) is 16.7. The summed E-state index contributed by atoms with van der Waals surface area (Å²) in [6.45, 7) is 8.46. The van der Waals surface area contributed by atoms with E-state index in [1.54, 1.807) is 0 Å². The van der Waals surface area contributed by atoms with Crippen LogP contribution in [0.25, 0.3) is 0 Å². The van der Waals surface area contributed by atoms with Gasteiger partial charge in [-0.2, -0.15) is 0 Å². The molecule has 3 heterocycles. The molecule has 0 radical (unpaired) electrons. The molecule has 0 aromatic rings. The van der Waals surface area contributed by atoms with Crippen molar-refractivity contribution in [3.05, 3.63) is 0 Å². The Bertz CT molecular complexity index is 454. The molecule has 0 aromatic heterocycles. The Morgan fingerprint density at radius 3 is 2.87 bits per heavy atom. The molecule has 0 saturated carbocycles. The van der Waals surface area contributed by atoms with Crippen molar-refractivity contribution in [1.82, 2.24) is 15.1 Å². The summed E-state index contributed by atoms with van der Waals surface area (Å²) in [5.41, 5.74) is 0. The summed E-state index contributed by atoms with van der Waals surface area (Å²) in [5, 5.41) is 3.11. The molecule has 3 atom stereocenters. The maximum absolute atomic E-state index is 13.0. The molecule has 0 bridgehead atoms. The number of hydrogen-bond acceptors (Lipinski definition) is 4. The van der Waals surface area contributed by atoms with E-state index in [1.807, 2.05) is 9.80 Å². The van der Waals surface area contributed by atoms with Crippen LogP contribution >= 0.6 is 0 Å². The fourth-order valence-corrected chi connectivity index (χ4v) is 4.18. The first-order valence-corrected chi connectivity index (χ1v) is 8.98. The topological polar surface area (TPSA) is 61.9 Å². The zero-order valence-corrected chi connectivity index (χ0v) is 14.3. The minimum absolute atomic E-state index is 0.00697. The molecule has 3 fully saturated rings. The van der Waals surface area contributed by atoms with Gasteiger partial charge in [0.1, 0.15) is 0 Å². The number of nitrogens with one attached hydrogen (secondary N) is 1. The van der Waals surface area contributed by atoms with Crippen LogP contribution in [0.2, 0.25) is 0 Å². The van der Waals surface area contributed by atoms with Gasteiger partial charge in [-0.1, -0.05) is 13.8 Å². The number of hydrogen-bond donors (Lipinski definition) is 1. The third-order valence-electron chi connectivity index (χ3n) is 5.39. The van der Waals surface area contributed by atoms with Crippen LogP contribution in [-0.4, -0.2) is 73.1 Å². The maximum Gasteiger partial charge on any atom is 0.236 e. The fraction of sp³-hybridized carbons (Fsp3) is 0.882. The van der Waals surface area contributed by atoms with Gasteiger partial charge in [0.2, 0.25) is 11.8 Å². The van der Waals surface area contributed by atoms with Gasteiger partial charge in [-0.25, -0.2) is 0 Å². The second-order valence-electron chi connectivity index (χ2n) is 7.32. The van der Waals surface area contributed by atoms with Crippen molar-refractivity contribution < 1.29 is 14.3 Å². The lowest BCUT2D eigenvalue weighted by Crippen LogP contribution is -2.58. The molecule has 0 aliphatic carbocycles. The van der Waals surface area contributed by atoms with Gasteiger partial charge in [0.05, 0.1) is 18.6 Å². The van der Waals surface area contributed by atoms with Gasteiger partial charge in [-0.05, 0) is 25.2 Å². The molecule has 6 nitrogen and oxygen atoms in total. The number of carbonyl (C=O) groups excluding carboxylic acids is 2. The van der Waals surface area contributed by atoms with Gasteiger partial charge in [-0.15, -0.1) is 0 Å². The molecule has 2 amide bonds. The minimum atomic E-state index is -0.00697. The van der Waals surface area contributed by atoms with Gasteiger partial charge < -0.3 is 19.9 Å². The maximum atomic E-state index is 13.0. The number of nitrogens with zero attached hydrogens (tertiary/aromatic N) is 2. The second-order valence-corrected chi connectivity index (χ2v) is 7.32. The number of rotatable bonds is 3. The van der Waals surface area contributed by atoms with E-state index in [1.165, 1.54) is 0 Å². The number of piperazine rings is 1. The minimum Gasteiger partial charge on any atom is -0.377 e. The number of carbonyl (C=O) groups is 2. The van der Waals surface area contributed by atoms with Crippen molar-refractivity contribution in [1.29, 1.82) is 0 Å². The van der Waals surface area contributed by atoms with Crippen molar-refractivity contribution in [3.8, 4) is 0 Å². The summed E-state index contributed by atoms with van der Waals surface area (Å²) in [4.78, 5) is 29.0. The smallest absolute Gasteiger partial charge is 0.236 e. The highest BCUT2D eigenvalue weighted by Gasteiger charge is 2.40. The predicted octanol–water partition coefficient (Wildman–Crippen LogP) is 0.470. The van der Waals surface area contributed by atoms with Gasteiger partial charge in [0, 0.05) is 38.8 Å². The lowest BCUT2D eigenvalue weighted by atomic mass is 9.90. The molecule has 3 aliphatic heterocycles. The molecular formula is C17H29N3O3. The fourth-order valence-electron chi connectivity index (χ4n) is 4.18. The summed E-state index contributed by atoms with van der Waals surface area (Å²) < 4.78 is 5.78. The summed E-state index contributed by atoms with van der Waals surface area (Å²) in [5.74, 6) is 0.752. The first-order valence-electron chi connectivity index (χ1n) is 8.98. The SMILES string of the molecule is CC(C)C1OCCC1C(=O)N1CCCC(N2CCNCC2=O)C1. The molecule has 3 aliphatic rings. The average Bonchev–Trinajstić information content (AvgIpc) is 3.04. The van der Waals surface area contributed by atoms with Crippen molar-refractivity contribution in [2.45, 2.75) is 45.3 Å². The first-order chi connectivity index (χ1) is 11.1. The van der Waals surface area contributed by atoms with Gasteiger partial charge >= 0.3 is 0 Å². The molecule has 130 valence electrons. The zero-order valence-electron chi connectivity index (χ0n) is 14.3. The molecule has 1 N–H and O–H groups in total. The Labute approximate surface area is 138 Å². The number of likely N-dealkylation sites (tertiary alicyclic amines) is 1. The molecule has 0 aromatic carbocycles. The molecule has 0 spiro atoms. The van der Waals surface area contributed by atoms with Gasteiger partial charge in [-0.3, -0.25) is 9.59 Å². The van der Waals surface area contributed by atoms with Crippen molar-refractivity contribution in [2.75, 3.05) is 39.3 Å². The number of piperidine rings is 1. The molecule has 3 saturated heterocycles. The Hall–Kier alpha value is -1.14.